The summed E-state index contributed by atoms with van der Waals surface area (Å²) in [7, 11) is 0. The number of aromatic nitrogens is 2. The van der Waals surface area contributed by atoms with E-state index in [1.54, 1.807) is 11.8 Å². The smallest absolute Gasteiger partial charge is 0.245 e. The van der Waals surface area contributed by atoms with Crippen LogP contribution in [0, 0.1) is 6.92 Å². The molecule has 7 heteroatoms. The van der Waals surface area contributed by atoms with E-state index in [0.717, 1.165) is 6.42 Å². The van der Waals surface area contributed by atoms with Crippen LogP contribution in [0.25, 0.3) is 0 Å². The van der Waals surface area contributed by atoms with Gasteiger partial charge in [-0.3, -0.25) is 9.59 Å². The Morgan fingerprint density at radius 1 is 1.47 bits per heavy atom. The van der Waals surface area contributed by atoms with Crippen molar-refractivity contribution in [2.45, 2.75) is 45.7 Å². The highest BCUT2D eigenvalue weighted by atomic mass is 16.5. The molecular formula is C12H18N4O3. The van der Waals surface area contributed by atoms with E-state index in [1.165, 1.54) is 0 Å². The summed E-state index contributed by atoms with van der Waals surface area (Å²) >= 11 is 0. The molecule has 1 aliphatic rings. The summed E-state index contributed by atoms with van der Waals surface area (Å²) in [5.41, 5.74) is 0. The molecule has 0 bridgehead atoms. The van der Waals surface area contributed by atoms with E-state index in [4.69, 9.17) is 4.52 Å². The lowest BCUT2D eigenvalue weighted by Gasteiger charge is -2.22. The van der Waals surface area contributed by atoms with Crippen molar-refractivity contribution in [3.8, 4) is 0 Å². The molecule has 1 atom stereocenters. The molecule has 0 saturated carbocycles. The Hall–Kier alpha value is -1.92. The summed E-state index contributed by atoms with van der Waals surface area (Å²) in [6, 6.07) is -0.437. The molecule has 1 N–H and O–H groups in total. The maximum Gasteiger partial charge on any atom is 0.245 e. The standard InChI is InChI=1S/C12H18N4O3/c1-3-4-9-12(18)16(6-5-11(17)14-9)7-10-13-8(2)19-15-10/h9H,3-7H2,1-2H3,(H,14,17). The van der Waals surface area contributed by atoms with Crippen LogP contribution in [0.4, 0.5) is 0 Å². The Balaban J connectivity index is 2.09. The minimum atomic E-state index is -0.437. The molecular weight excluding hydrogens is 248 g/mol. The van der Waals surface area contributed by atoms with Gasteiger partial charge in [-0.25, -0.2) is 0 Å². The maximum atomic E-state index is 12.3. The zero-order valence-corrected chi connectivity index (χ0v) is 11.2. The van der Waals surface area contributed by atoms with E-state index in [-0.39, 0.29) is 18.4 Å². The van der Waals surface area contributed by atoms with Crippen LogP contribution in [0.15, 0.2) is 4.52 Å². The van der Waals surface area contributed by atoms with Gasteiger partial charge in [0.05, 0.1) is 6.54 Å². The zero-order chi connectivity index (χ0) is 13.8. The summed E-state index contributed by atoms with van der Waals surface area (Å²) in [6.07, 6.45) is 1.79. The summed E-state index contributed by atoms with van der Waals surface area (Å²) in [5, 5.41) is 6.54. The minimum Gasteiger partial charge on any atom is -0.344 e. The molecule has 2 heterocycles. The quantitative estimate of drug-likeness (QED) is 0.852. The third-order valence-corrected chi connectivity index (χ3v) is 3.03. The van der Waals surface area contributed by atoms with E-state index in [2.05, 4.69) is 15.5 Å². The Kier molecular flexibility index (Phi) is 4.13. The van der Waals surface area contributed by atoms with E-state index in [9.17, 15) is 9.59 Å². The summed E-state index contributed by atoms with van der Waals surface area (Å²) < 4.78 is 4.89. The highest BCUT2D eigenvalue weighted by Crippen LogP contribution is 2.11. The zero-order valence-electron chi connectivity index (χ0n) is 11.2. The van der Waals surface area contributed by atoms with Gasteiger partial charge in [-0.15, -0.1) is 0 Å². The van der Waals surface area contributed by atoms with Gasteiger partial charge in [-0.1, -0.05) is 18.5 Å². The Morgan fingerprint density at radius 2 is 2.26 bits per heavy atom. The van der Waals surface area contributed by atoms with Gasteiger partial charge in [0.25, 0.3) is 0 Å². The summed E-state index contributed by atoms with van der Waals surface area (Å²) in [6.45, 7) is 4.35. The third-order valence-electron chi connectivity index (χ3n) is 3.03. The average Bonchev–Trinajstić information content (AvgIpc) is 2.73. The molecule has 0 radical (unpaired) electrons. The molecule has 1 saturated heterocycles. The lowest BCUT2D eigenvalue weighted by molar-refractivity contribution is -0.134. The molecule has 104 valence electrons. The molecule has 2 amide bonds. The van der Waals surface area contributed by atoms with Gasteiger partial charge in [0.1, 0.15) is 6.04 Å². The number of nitrogens with one attached hydrogen (secondary N) is 1. The van der Waals surface area contributed by atoms with E-state index in [1.807, 2.05) is 6.92 Å². The van der Waals surface area contributed by atoms with Crippen molar-refractivity contribution < 1.29 is 14.1 Å². The molecule has 0 spiro atoms. The Bertz CT molecular complexity index is 471. The van der Waals surface area contributed by atoms with Crippen LogP contribution >= 0.6 is 0 Å². The Morgan fingerprint density at radius 3 is 2.89 bits per heavy atom. The largest absolute Gasteiger partial charge is 0.344 e. The molecule has 1 aromatic heterocycles. The van der Waals surface area contributed by atoms with Gasteiger partial charge in [-0.05, 0) is 6.42 Å². The fourth-order valence-electron chi connectivity index (χ4n) is 2.11. The number of amides is 2. The average molecular weight is 266 g/mol. The van der Waals surface area contributed by atoms with Gasteiger partial charge in [0.15, 0.2) is 5.82 Å². The predicted molar refractivity (Wildman–Crippen MR) is 65.9 cm³/mol. The first kappa shape index (κ1) is 13.5. The van der Waals surface area contributed by atoms with Gasteiger partial charge in [0.2, 0.25) is 17.7 Å². The van der Waals surface area contributed by atoms with Crippen LogP contribution in [-0.2, 0) is 16.1 Å². The Labute approximate surface area is 111 Å². The molecule has 1 aliphatic heterocycles. The first-order valence-electron chi connectivity index (χ1n) is 6.47. The number of nitrogens with zero attached hydrogens (tertiary/aromatic N) is 3. The first-order chi connectivity index (χ1) is 9.10. The van der Waals surface area contributed by atoms with Crippen molar-refractivity contribution in [2.75, 3.05) is 6.54 Å². The highest BCUT2D eigenvalue weighted by Gasteiger charge is 2.29. The molecule has 0 aromatic carbocycles. The molecule has 1 fully saturated rings. The lowest BCUT2D eigenvalue weighted by Crippen LogP contribution is -2.44. The summed E-state index contributed by atoms with van der Waals surface area (Å²) in [5.74, 6) is 0.778. The number of hydrogen-bond donors (Lipinski definition) is 1. The van der Waals surface area contributed by atoms with Gasteiger partial charge in [0, 0.05) is 19.9 Å². The fraction of sp³-hybridized carbons (Fsp3) is 0.667. The van der Waals surface area contributed by atoms with Crippen LogP contribution in [0.1, 0.15) is 37.9 Å². The monoisotopic (exact) mass is 266 g/mol. The van der Waals surface area contributed by atoms with Gasteiger partial charge >= 0.3 is 0 Å². The number of rotatable bonds is 4. The van der Waals surface area contributed by atoms with Crippen molar-refractivity contribution in [3.05, 3.63) is 11.7 Å². The fourth-order valence-corrected chi connectivity index (χ4v) is 2.11. The van der Waals surface area contributed by atoms with Crippen molar-refractivity contribution in [1.29, 1.82) is 0 Å². The number of hydrogen-bond acceptors (Lipinski definition) is 5. The second-order valence-corrected chi connectivity index (χ2v) is 4.65. The van der Waals surface area contributed by atoms with Gasteiger partial charge in [-0.2, -0.15) is 4.98 Å². The second-order valence-electron chi connectivity index (χ2n) is 4.65. The third kappa shape index (κ3) is 3.30. The SMILES string of the molecule is CCCC1NC(=O)CCN(Cc2noc(C)n2)C1=O. The van der Waals surface area contributed by atoms with E-state index >= 15 is 0 Å². The molecule has 19 heavy (non-hydrogen) atoms. The van der Waals surface area contributed by atoms with Crippen LogP contribution in [0.5, 0.6) is 0 Å². The van der Waals surface area contributed by atoms with Crippen LogP contribution in [0.2, 0.25) is 0 Å². The normalized spacial score (nSPS) is 20.3. The molecule has 1 aromatic rings. The minimum absolute atomic E-state index is 0.0739. The van der Waals surface area contributed by atoms with Crippen molar-refractivity contribution in [3.63, 3.8) is 0 Å². The molecule has 2 rings (SSSR count). The number of aryl methyl sites for hydroxylation is 1. The number of carbonyl (C=O) groups excluding carboxylic acids is 2. The van der Waals surface area contributed by atoms with Crippen molar-refractivity contribution in [1.82, 2.24) is 20.4 Å². The van der Waals surface area contributed by atoms with E-state index in [0.29, 0.717) is 31.1 Å². The van der Waals surface area contributed by atoms with Crippen molar-refractivity contribution in [2.24, 2.45) is 0 Å². The lowest BCUT2D eigenvalue weighted by atomic mass is 10.1. The summed E-state index contributed by atoms with van der Waals surface area (Å²) in [4.78, 5) is 29.6. The second kappa shape index (κ2) is 5.81. The van der Waals surface area contributed by atoms with Crippen LogP contribution in [0.3, 0.4) is 0 Å². The van der Waals surface area contributed by atoms with Gasteiger partial charge < -0.3 is 14.7 Å². The predicted octanol–water partition coefficient (Wildman–Crippen LogP) is 0.395. The first-order valence-corrected chi connectivity index (χ1v) is 6.47. The van der Waals surface area contributed by atoms with E-state index < -0.39 is 6.04 Å². The highest BCUT2D eigenvalue weighted by molar-refractivity contribution is 5.89. The van der Waals surface area contributed by atoms with Crippen molar-refractivity contribution >= 4 is 11.8 Å². The molecule has 7 nitrogen and oxygen atoms in total. The number of carbonyl (C=O) groups is 2. The molecule has 0 aliphatic carbocycles. The maximum absolute atomic E-state index is 12.3. The topological polar surface area (TPSA) is 88.3 Å². The van der Waals surface area contributed by atoms with Crippen LogP contribution in [-0.4, -0.2) is 39.4 Å². The molecule has 1 unspecified atom stereocenters. The van der Waals surface area contributed by atoms with Crippen LogP contribution < -0.4 is 5.32 Å².